The number of likely N-dealkylation sites (tertiary alicyclic amines) is 1. The van der Waals surface area contributed by atoms with Gasteiger partial charge < -0.3 is 21.1 Å². The van der Waals surface area contributed by atoms with Crippen molar-refractivity contribution in [1.82, 2.24) is 10.2 Å². The van der Waals surface area contributed by atoms with E-state index in [1.54, 1.807) is 0 Å². The van der Waals surface area contributed by atoms with E-state index < -0.39 is 30.0 Å². The molecule has 0 spiro atoms. The van der Waals surface area contributed by atoms with Crippen LogP contribution in [0.5, 0.6) is 0 Å². The fraction of sp³-hybridized carbons (Fsp3) is 0.786. The number of aliphatic carboxylic acids is 1. The zero-order chi connectivity index (χ0) is 15.6. The maximum Gasteiger partial charge on any atom is 0.326 e. The van der Waals surface area contributed by atoms with Crippen LogP contribution in [0.3, 0.4) is 0 Å². The molecule has 7 heteroatoms. The molecule has 0 aromatic heterocycles. The van der Waals surface area contributed by atoms with E-state index in [4.69, 9.17) is 5.73 Å². The number of nitrogens with zero attached hydrogens (tertiary/aromatic N) is 1. The smallest absolute Gasteiger partial charge is 0.326 e. The maximum atomic E-state index is 12.4. The van der Waals surface area contributed by atoms with Gasteiger partial charge in [0.2, 0.25) is 5.91 Å². The van der Waals surface area contributed by atoms with Gasteiger partial charge in [-0.2, -0.15) is 0 Å². The van der Waals surface area contributed by atoms with Crippen molar-refractivity contribution in [2.75, 3.05) is 0 Å². The first-order chi connectivity index (χ1) is 9.91. The van der Waals surface area contributed by atoms with Crippen LogP contribution in [0.15, 0.2) is 0 Å². The fourth-order valence-corrected chi connectivity index (χ4v) is 3.50. The molecule has 4 atom stereocenters. The molecule has 2 aliphatic rings. The molecule has 1 aliphatic heterocycles. The number of hydrogen-bond acceptors (Lipinski definition) is 3. The highest BCUT2D eigenvalue weighted by atomic mass is 16.4. The van der Waals surface area contributed by atoms with E-state index in [2.05, 4.69) is 5.32 Å². The first-order valence-corrected chi connectivity index (χ1v) is 7.52. The summed E-state index contributed by atoms with van der Waals surface area (Å²) in [5.41, 5.74) is 5.15. The molecule has 118 valence electrons. The average molecular weight is 297 g/mol. The molecule has 3 amide bonds. The van der Waals surface area contributed by atoms with Crippen LogP contribution < -0.4 is 11.1 Å². The van der Waals surface area contributed by atoms with Gasteiger partial charge in [0, 0.05) is 6.04 Å². The molecule has 4 unspecified atom stereocenters. The Morgan fingerprint density at radius 2 is 1.86 bits per heavy atom. The van der Waals surface area contributed by atoms with Gasteiger partial charge in [-0.15, -0.1) is 0 Å². The Kier molecular flexibility index (Phi) is 4.69. The van der Waals surface area contributed by atoms with Crippen LogP contribution in [0.2, 0.25) is 0 Å². The van der Waals surface area contributed by atoms with Crippen molar-refractivity contribution in [3.63, 3.8) is 0 Å². The minimum Gasteiger partial charge on any atom is -0.480 e. The van der Waals surface area contributed by atoms with E-state index in [0.717, 1.165) is 32.1 Å². The van der Waals surface area contributed by atoms with Crippen LogP contribution >= 0.6 is 0 Å². The predicted octanol–water partition coefficient (Wildman–Crippen LogP) is 0.678. The third kappa shape index (κ3) is 3.28. The van der Waals surface area contributed by atoms with Gasteiger partial charge in [-0.1, -0.05) is 12.8 Å². The Hall–Kier alpha value is -1.79. The summed E-state index contributed by atoms with van der Waals surface area (Å²) in [4.78, 5) is 36.4. The Bertz CT molecular complexity index is 440. The number of primary amides is 1. The number of nitrogens with two attached hydrogens (primary N) is 1. The number of nitrogens with one attached hydrogen (secondary N) is 1. The summed E-state index contributed by atoms with van der Waals surface area (Å²) in [5.74, 6) is -1.25. The number of amides is 3. The molecule has 1 aliphatic carbocycles. The third-order valence-electron chi connectivity index (χ3n) is 4.66. The fourth-order valence-electron chi connectivity index (χ4n) is 3.50. The molecule has 0 aromatic carbocycles. The van der Waals surface area contributed by atoms with Gasteiger partial charge >= 0.3 is 12.0 Å². The monoisotopic (exact) mass is 297 g/mol. The third-order valence-corrected chi connectivity index (χ3v) is 4.66. The van der Waals surface area contributed by atoms with E-state index in [-0.39, 0.29) is 6.04 Å². The molecule has 2 rings (SSSR count). The topological polar surface area (TPSA) is 113 Å². The Labute approximate surface area is 123 Å². The number of urea groups is 1. The number of rotatable bonds is 3. The Morgan fingerprint density at radius 1 is 1.19 bits per heavy atom. The van der Waals surface area contributed by atoms with E-state index in [0.29, 0.717) is 12.3 Å². The van der Waals surface area contributed by atoms with Gasteiger partial charge in [-0.05, 0) is 38.5 Å². The molecule has 21 heavy (non-hydrogen) atoms. The van der Waals surface area contributed by atoms with Gasteiger partial charge in [0.25, 0.3) is 0 Å². The van der Waals surface area contributed by atoms with Crippen molar-refractivity contribution >= 4 is 17.9 Å². The summed E-state index contributed by atoms with van der Waals surface area (Å²) in [6, 6.07) is -2.17. The van der Waals surface area contributed by atoms with Crippen molar-refractivity contribution in [2.24, 2.45) is 11.7 Å². The van der Waals surface area contributed by atoms with Crippen LogP contribution in [0.4, 0.5) is 4.79 Å². The summed E-state index contributed by atoms with van der Waals surface area (Å²) < 4.78 is 0. The summed E-state index contributed by atoms with van der Waals surface area (Å²) in [7, 11) is 0. The number of carboxylic acids is 1. The molecule has 0 bridgehead atoms. The van der Waals surface area contributed by atoms with Crippen LogP contribution in [0.1, 0.15) is 45.4 Å². The molecule has 0 aromatic rings. The first kappa shape index (κ1) is 15.6. The standard InChI is InChI=1S/C14H23N3O4/c1-8(12(15)18)16-14(21)17-10-5-3-2-4-9(10)6-7-11(17)13(19)20/h8-11H,2-7H2,1H3,(H2,15,18)(H,16,21)(H,19,20). The number of fused-ring (bicyclic) bond motifs is 1. The van der Waals surface area contributed by atoms with Crippen molar-refractivity contribution in [2.45, 2.75) is 63.6 Å². The lowest BCUT2D eigenvalue weighted by atomic mass is 9.76. The lowest BCUT2D eigenvalue weighted by Gasteiger charge is -2.47. The van der Waals surface area contributed by atoms with Crippen molar-refractivity contribution in [3.05, 3.63) is 0 Å². The highest BCUT2D eigenvalue weighted by Gasteiger charge is 2.44. The van der Waals surface area contributed by atoms with Crippen LogP contribution in [-0.2, 0) is 9.59 Å². The van der Waals surface area contributed by atoms with E-state index >= 15 is 0 Å². The van der Waals surface area contributed by atoms with Crippen LogP contribution in [0.25, 0.3) is 0 Å². The molecular weight excluding hydrogens is 274 g/mol. The lowest BCUT2D eigenvalue weighted by Crippen LogP contribution is -2.61. The van der Waals surface area contributed by atoms with Crippen molar-refractivity contribution in [3.8, 4) is 0 Å². The zero-order valence-electron chi connectivity index (χ0n) is 12.2. The molecule has 0 radical (unpaired) electrons. The van der Waals surface area contributed by atoms with Crippen LogP contribution in [0, 0.1) is 5.92 Å². The number of carboxylic acid groups (broad SMARTS) is 1. The number of hydrogen-bond donors (Lipinski definition) is 3. The number of carbonyl (C=O) groups excluding carboxylic acids is 2. The minimum atomic E-state index is -0.985. The van der Waals surface area contributed by atoms with E-state index in [1.807, 2.05) is 0 Å². The van der Waals surface area contributed by atoms with Gasteiger partial charge in [-0.25, -0.2) is 9.59 Å². The maximum absolute atomic E-state index is 12.4. The Balaban J connectivity index is 2.17. The van der Waals surface area contributed by atoms with Crippen LogP contribution in [-0.4, -0.2) is 46.0 Å². The molecule has 2 fully saturated rings. The SMILES string of the molecule is CC(NC(=O)N1C(C(=O)O)CCC2CCCCC21)C(N)=O. The van der Waals surface area contributed by atoms with Gasteiger partial charge in [0.1, 0.15) is 12.1 Å². The first-order valence-electron chi connectivity index (χ1n) is 7.52. The molecular formula is C14H23N3O4. The molecule has 7 nitrogen and oxygen atoms in total. The summed E-state index contributed by atoms with van der Waals surface area (Å²) >= 11 is 0. The second kappa shape index (κ2) is 6.32. The lowest BCUT2D eigenvalue weighted by molar-refractivity contribution is -0.145. The summed E-state index contributed by atoms with van der Waals surface area (Å²) in [6.07, 6.45) is 5.30. The summed E-state index contributed by atoms with van der Waals surface area (Å²) in [5, 5.41) is 11.9. The second-order valence-electron chi connectivity index (χ2n) is 6.02. The van der Waals surface area contributed by atoms with E-state index in [1.165, 1.54) is 11.8 Å². The van der Waals surface area contributed by atoms with Crippen molar-refractivity contribution < 1.29 is 19.5 Å². The molecule has 1 saturated heterocycles. The van der Waals surface area contributed by atoms with Crippen molar-refractivity contribution in [1.29, 1.82) is 0 Å². The zero-order valence-corrected chi connectivity index (χ0v) is 12.2. The molecule has 4 N–H and O–H groups in total. The summed E-state index contributed by atoms with van der Waals surface area (Å²) in [6.45, 7) is 1.50. The largest absolute Gasteiger partial charge is 0.480 e. The highest BCUT2D eigenvalue weighted by Crippen LogP contribution is 2.37. The quantitative estimate of drug-likeness (QED) is 0.710. The molecule has 1 saturated carbocycles. The number of carbonyl (C=O) groups is 3. The minimum absolute atomic E-state index is 0.0475. The normalized spacial score (nSPS) is 30.1. The number of piperidine rings is 1. The Morgan fingerprint density at radius 3 is 2.48 bits per heavy atom. The van der Waals surface area contributed by atoms with Gasteiger partial charge in [0.15, 0.2) is 0 Å². The predicted molar refractivity (Wildman–Crippen MR) is 75.4 cm³/mol. The highest BCUT2D eigenvalue weighted by molar-refractivity contribution is 5.88. The molecule has 1 heterocycles. The van der Waals surface area contributed by atoms with Gasteiger partial charge in [0.05, 0.1) is 0 Å². The van der Waals surface area contributed by atoms with Gasteiger partial charge in [-0.3, -0.25) is 4.79 Å². The van der Waals surface area contributed by atoms with E-state index in [9.17, 15) is 19.5 Å². The average Bonchev–Trinajstić information content (AvgIpc) is 2.45. The second-order valence-corrected chi connectivity index (χ2v) is 6.02.